The first kappa shape index (κ1) is 11.1. The maximum Gasteiger partial charge on any atom is 0.340 e. The maximum absolute atomic E-state index is 11.6. The smallest absolute Gasteiger partial charge is 0.340 e. The average molecular weight is 234 g/mol. The zero-order valence-electron chi connectivity index (χ0n) is 9.34. The average Bonchev–Trinajstić information content (AvgIpc) is 2.66. The molecule has 17 heavy (non-hydrogen) atoms. The number of fused-ring (bicyclic) bond motifs is 1. The summed E-state index contributed by atoms with van der Waals surface area (Å²) in [6, 6.07) is 4.67. The van der Waals surface area contributed by atoms with Crippen LogP contribution in [0.1, 0.15) is 10.4 Å². The van der Waals surface area contributed by atoms with Gasteiger partial charge in [0.15, 0.2) is 0 Å². The number of rotatable bonds is 2. The molecule has 88 valence electrons. The first-order valence-electron chi connectivity index (χ1n) is 4.87. The number of ether oxygens (including phenoxy) is 1. The number of carbonyl (C=O) groups excluding carboxylic acids is 1. The number of nitro benzene ring substituents is 1. The molecule has 0 atom stereocenters. The van der Waals surface area contributed by atoms with Crippen molar-refractivity contribution in [3.63, 3.8) is 0 Å². The minimum atomic E-state index is -0.579. The van der Waals surface area contributed by atoms with Gasteiger partial charge in [-0.05, 0) is 6.07 Å². The van der Waals surface area contributed by atoms with E-state index in [1.807, 2.05) is 0 Å². The molecule has 6 heteroatoms. The quantitative estimate of drug-likeness (QED) is 0.451. The predicted octanol–water partition coefficient (Wildman–Crippen LogP) is 1.87. The minimum Gasteiger partial charge on any atom is -0.465 e. The van der Waals surface area contributed by atoms with Crippen LogP contribution < -0.4 is 0 Å². The molecule has 2 rings (SSSR count). The van der Waals surface area contributed by atoms with Crippen molar-refractivity contribution < 1.29 is 14.5 Å². The third-order valence-corrected chi connectivity index (χ3v) is 2.59. The number of nitro groups is 1. The molecule has 6 nitrogen and oxygen atoms in total. The molecule has 0 saturated carbocycles. The van der Waals surface area contributed by atoms with Crippen molar-refractivity contribution in [3.8, 4) is 0 Å². The normalized spacial score (nSPS) is 10.5. The first-order chi connectivity index (χ1) is 8.06. The van der Waals surface area contributed by atoms with Crippen LogP contribution in [0, 0.1) is 10.1 Å². The van der Waals surface area contributed by atoms with Crippen molar-refractivity contribution in [1.29, 1.82) is 0 Å². The molecule has 1 aromatic carbocycles. The molecule has 1 heterocycles. The van der Waals surface area contributed by atoms with E-state index in [1.165, 1.54) is 19.4 Å². The Kier molecular flexibility index (Phi) is 2.55. The summed E-state index contributed by atoms with van der Waals surface area (Å²) < 4.78 is 6.28. The predicted molar refractivity (Wildman–Crippen MR) is 60.9 cm³/mol. The highest BCUT2D eigenvalue weighted by molar-refractivity contribution is 6.08. The van der Waals surface area contributed by atoms with E-state index in [0.29, 0.717) is 10.9 Å². The highest BCUT2D eigenvalue weighted by atomic mass is 16.6. The summed E-state index contributed by atoms with van der Waals surface area (Å²) in [5.41, 5.74) is 0.736. The molecule has 0 unspecified atom stereocenters. The zero-order chi connectivity index (χ0) is 12.6. The van der Waals surface area contributed by atoms with Crippen LogP contribution in [-0.4, -0.2) is 22.6 Å². The lowest BCUT2D eigenvalue weighted by molar-refractivity contribution is -0.383. The van der Waals surface area contributed by atoms with Gasteiger partial charge in [-0.15, -0.1) is 0 Å². The topological polar surface area (TPSA) is 74.4 Å². The largest absolute Gasteiger partial charge is 0.465 e. The Balaban J connectivity index is 2.86. The van der Waals surface area contributed by atoms with Crippen LogP contribution in [-0.2, 0) is 11.8 Å². The number of hydrogen-bond acceptors (Lipinski definition) is 4. The number of hydrogen-bond donors (Lipinski definition) is 0. The van der Waals surface area contributed by atoms with Gasteiger partial charge in [-0.2, -0.15) is 0 Å². The van der Waals surface area contributed by atoms with Gasteiger partial charge in [-0.1, -0.05) is 6.07 Å². The number of methoxy groups -OCH3 is 1. The van der Waals surface area contributed by atoms with E-state index in [4.69, 9.17) is 0 Å². The van der Waals surface area contributed by atoms with E-state index in [1.54, 1.807) is 23.7 Å². The summed E-state index contributed by atoms with van der Waals surface area (Å²) >= 11 is 0. The number of aromatic nitrogens is 1. The van der Waals surface area contributed by atoms with Crippen molar-refractivity contribution in [3.05, 3.63) is 40.1 Å². The molecule has 0 aliphatic carbocycles. The van der Waals surface area contributed by atoms with Crippen molar-refractivity contribution >= 4 is 22.6 Å². The van der Waals surface area contributed by atoms with Crippen LogP contribution in [0.15, 0.2) is 24.4 Å². The summed E-state index contributed by atoms with van der Waals surface area (Å²) in [5, 5.41) is 11.2. The Labute approximate surface area is 96.6 Å². The zero-order valence-corrected chi connectivity index (χ0v) is 9.34. The van der Waals surface area contributed by atoms with Crippen LogP contribution >= 0.6 is 0 Å². The molecule has 0 aliphatic rings. The third-order valence-electron chi connectivity index (χ3n) is 2.59. The highest BCUT2D eigenvalue weighted by Gasteiger charge is 2.22. The van der Waals surface area contributed by atoms with Crippen molar-refractivity contribution in [2.24, 2.45) is 7.05 Å². The molecule has 0 N–H and O–H groups in total. The summed E-state index contributed by atoms with van der Waals surface area (Å²) in [4.78, 5) is 22.0. The molecule has 0 bridgehead atoms. The maximum atomic E-state index is 11.6. The van der Waals surface area contributed by atoms with E-state index >= 15 is 0 Å². The third kappa shape index (κ3) is 1.63. The summed E-state index contributed by atoms with van der Waals surface area (Å²) in [7, 11) is 2.97. The molecular formula is C11H10N2O4. The van der Waals surface area contributed by atoms with Crippen LogP contribution in [0.2, 0.25) is 0 Å². The Hall–Kier alpha value is -2.37. The summed E-state index contributed by atoms with van der Waals surface area (Å²) in [6.07, 6.45) is 1.53. The van der Waals surface area contributed by atoms with Gasteiger partial charge >= 0.3 is 5.97 Å². The van der Waals surface area contributed by atoms with Crippen LogP contribution in [0.3, 0.4) is 0 Å². The number of aryl methyl sites for hydroxylation is 1. The number of nitrogens with zero attached hydrogens (tertiary/aromatic N) is 2. The molecule has 0 aliphatic heterocycles. The highest BCUT2D eigenvalue weighted by Crippen LogP contribution is 2.30. The minimum absolute atomic E-state index is 0.0940. The molecule has 1 aromatic heterocycles. The van der Waals surface area contributed by atoms with Crippen molar-refractivity contribution in [2.45, 2.75) is 0 Å². The lowest BCUT2D eigenvalue weighted by atomic mass is 10.1. The van der Waals surface area contributed by atoms with E-state index < -0.39 is 10.9 Å². The van der Waals surface area contributed by atoms with E-state index in [-0.39, 0.29) is 11.3 Å². The van der Waals surface area contributed by atoms with Gasteiger partial charge in [0.2, 0.25) is 0 Å². The van der Waals surface area contributed by atoms with Gasteiger partial charge in [0, 0.05) is 19.3 Å². The number of non-ortho nitro benzene ring substituents is 1. The van der Waals surface area contributed by atoms with Crippen LogP contribution in [0.4, 0.5) is 5.69 Å². The monoisotopic (exact) mass is 234 g/mol. The molecule has 0 amide bonds. The molecule has 0 spiro atoms. The Morgan fingerprint density at radius 2 is 2.18 bits per heavy atom. The Bertz CT molecular complexity index is 615. The van der Waals surface area contributed by atoms with Crippen molar-refractivity contribution in [2.75, 3.05) is 7.11 Å². The summed E-state index contributed by atoms with van der Waals surface area (Å²) in [5.74, 6) is -0.579. The number of benzene rings is 1. The summed E-state index contributed by atoms with van der Waals surface area (Å²) in [6.45, 7) is 0. The first-order valence-corrected chi connectivity index (χ1v) is 4.87. The molecule has 2 aromatic rings. The molecule has 0 radical (unpaired) electrons. The lowest BCUT2D eigenvalue weighted by Gasteiger charge is -1.98. The number of esters is 1. The Morgan fingerprint density at radius 3 is 2.76 bits per heavy atom. The van der Waals surface area contributed by atoms with Gasteiger partial charge < -0.3 is 9.30 Å². The van der Waals surface area contributed by atoms with E-state index in [0.717, 1.165) is 0 Å². The van der Waals surface area contributed by atoms with Gasteiger partial charge in [0.1, 0.15) is 0 Å². The molecule has 0 fully saturated rings. The van der Waals surface area contributed by atoms with Crippen LogP contribution in [0.25, 0.3) is 10.9 Å². The number of carbonyl (C=O) groups is 1. The SMILES string of the molecule is COC(=O)c1cn(C)c2cccc([N+](=O)[O-])c12. The lowest BCUT2D eigenvalue weighted by Crippen LogP contribution is -2.01. The second-order valence-electron chi connectivity index (χ2n) is 3.57. The van der Waals surface area contributed by atoms with Crippen molar-refractivity contribution in [1.82, 2.24) is 4.57 Å². The fourth-order valence-corrected chi connectivity index (χ4v) is 1.84. The van der Waals surface area contributed by atoms with Gasteiger partial charge in [0.05, 0.1) is 28.5 Å². The fourth-order valence-electron chi connectivity index (χ4n) is 1.84. The van der Waals surface area contributed by atoms with E-state index in [9.17, 15) is 14.9 Å². The standard InChI is InChI=1S/C11H10N2O4/c1-12-6-7(11(14)17-2)10-8(12)4-3-5-9(10)13(15)16/h3-6H,1-2H3. The van der Waals surface area contributed by atoms with Gasteiger partial charge in [0.25, 0.3) is 5.69 Å². The van der Waals surface area contributed by atoms with E-state index in [2.05, 4.69) is 4.74 Å². The second kappa shape index (κ2) is 3.89. The Morgan fingerprint density at radius 1 is 1.47 bits per heavy atom. The van der Waals surface area contributed by atoms with Gasteiger partial charge in [-0.3, -0.25) is 10.1 Å². The molecular weight excluding hydrogens is 224 g/mol. The van der Waals surface area contributed by atoms with Crippen LogP contribution in [0.5, 0.6) is 0 Å². The van der Waals surface area contributed by atoms with Gasteiger partial charge in [-0.25, -0.2) is 4.79 Å². The second-order valence-corrected chi connectivity index (χ2v) is 3.57. The fraction of sp³-hybridized carbons (Fsp3) is 0.182. The molecule has 0 saturated heterocycles.